The number of nitrogens with zero attached hydrogens (tertiary/aromatic N) is 5. The fourth-order valence-electron chi connectivity index (χ4n) is 4.33. The summed E-state index contributed by atoms with van der Waals surface area (Å²) in [6, 6.07) is 25.9. The molecule has 5 aromatic rings. The lowest BCUT2D eigenvalue weighted by molar-refractivity contribution is 0.0943. The minimum atomic E-state index is -0.147. The molecule has 0 saturated heterocycles. The summed E-state index contributed by atoms with van der Waals surface area (Å²) in [5.41, 5.74) is 5.12. The van der Waals surface area contributed by atoms with Crippen molar-refractivity contribution >= 4 is 16.9 Å². The van der Waals surface area contributed by atoms with Crippen molar-refractivity contribution in [3.8, 4) is 11.3 Å². The monoisotopic (exact) mass is 476 g/mol. The molecule has 3 heterocycles. The predicted molar refractivity (Wildman–Crippen MR) is 142 cm³/mol. The third-order valence-electron chi connectivity index (χ3n) is 6.27. The van der Waals surface area contributed by atoms with Crippen LogP contribution >= 0.6 is 0 Å². The van der Waals surface area contributed by atoms with Crippen molar-refractivity contribution < 1.29 is 4.79 Å². The van der Waals surface area contributed by atoms with Crippen molar-refractivity contribution in [1.29, 1.82) is 0 Å². The van der Waals surface area contributed by atoms with Gasteiger partial charge < -0.3 is 10.2 Å². The Morgan fingerprint density at radius 1 is 0.972 bits per heavy atom. The van der Waals surface area contributed by atoms with Crippen molar-refractivity contribution in [3.05, 3.63) is 114 Å². The fraction of sp³-hybridized carbons (Fsp3) is 0.172. The summed E-state index contributed by atoms with van der Waals surface area (Å²) >= 11 is 0. The summed E-state index contributed by atoms with van der Waals surface area (Å²) in [7, 11) is 4.04. The molecule has 2 aromatic carbocycles. The van der Waals surface area contributed by atoms with Crippen molar-refractivity contribution in [3.63, 3.8) is 0 Å². The van der Waals surface area contributed by atoms with Crippen molar-refractivity contribution in [2.75, 3.05) is 20.6 Å². The highest BCUT2D eigenvalue weighted by Gasteiger charge is 2.20. The first-order valence-corrected chi connectivity index (χ1v) is 11.9. The number of nitrogens with one attached hydrogen (secondary N) is 1. The van der Waals surface area contributed by atoms with Crippen LogP contribution in [0.25, 0.3) is 22.3 Å². The lowest BCUT2D eigenvalue weighted by Gasteiger charge is -2.25. The van der Waals surface area contributed by atoms with Gasteiger partial charge in [0.2, 0.25) is 0 Å². The predicted octanol–water partition coefficient (Wildman–Crippen LogP) is 4.57. The van der Waals surface area contributed by atoms with Crippen LogP contribution in [-0.4, -0.2) is 51.2 Å². The molecule has 180 valence electrons. The van der Waals surface area contributed by atoms with Crippen molar-refractivity contribution in [2.45, 2.75) is 12.6 Å². The van der Waals surface area contributed by atoms with Gasteiger partial charge in [-0.1, -0.05) is 60.7 Å². The molecule has 1 N–H and O–H groups in total. The molecule has 0 spiro atoms. The van der Waals surface area contributed by atoms with E-state index in [4.69, 9.17) is 4.98 Å². The Balaban J connectivity index is 1.50. The van der Waals surface area contributed by atoms with Gasteiger partial charge in [0.1, 0.15) is 0 Å². The minimum absolute atomic E-state index is 0.0514. The van der Waals surface area contributed by atoms with Crippen LogP contribution in [-0.2, 0) is 6.54 Å². The summed E-state index contributed by atoms with van der Waals surface area (Å²) in [6.07, 6.45) is 5.25. The Bertz CT molecular complexity index is 1450. The third-order valence-corrected chi connectivity index (χ3v) is 6.27. The largest absolute Gasteiger partial charge is 0.350 e. The Kier molecular flexibility index (Phi) is 6.82. The van der Waals surface area contributed by atoms with Gasteiger partial charge in [0, 0.05) is 24.5 Å². The van der Waals surface area contributed by atoms with Gasteiger partial charge in [0.25, 0.3) is 5.91 Å². The maximum Gasteiger partial charge on any atom is 0.252 e. The SMILES string of the molecule is CN(C)C(CNC(=O)c1cc(-c2ccccc2)nc2c1cnn2Cc1ccncc1)c1ccccc1. The third kappa shape index (κ3) is 5.01. The first kappa shape index (κ1) is 23.4. The number of carbonyl (C=O) groups is 1. The van der Waals surface area contributed by atoms with E-state index in [0.29, 0.717) is 24.3 Å². The standard InChI is InChI=1S/C29H28N6O/c1-34(2)27(23-11-7-4-8-12-23)19-31-29(36)24-17-26(22-9-5-3-6-10-22)33-28-25(24)18-32-35(28)20-21-13-15-30-16-14-21/h3-18,27H,19-20H2,1-2H3,(H,31,36). The van der Waals surface area contributed by atoms with Gasteiger partial charge in [-0.25, -0.2) is 9.67 Å². The highest BCUT2D eigenvalue weighted by molar-refractivity contribution is 6.06. The molecule has 0 bridgehead atoms. The average molecular weight is 477 g/mol. The second-order valence-electron chi connectivity index (χ2n) is 8.92. The Morgan fingerprint density at radius 2 is 1.67 bits per heavy atom. The number of fused-ring (bicyclic) bond motifs is 1. The molecular formula is C29H28N6O. The van der Waals surface area contributed by atoms with E-state index in [2.05, 4.69) is 32.4 Å². The molecule has 36 heavy (non-hydrogen) atoms. The van der Waals surface area contributed by atoms with Crippen LogP contribution in [0.5, 0.6) is 0 Å². The molecule has 5 rings (SSSR count). The Labute approximate surface area is 210 Å². The van der Waals surface area contributed by atoms with E-state index in [1.807, 2.05) is 85.5 Å². The first-order valence-electron chi connectivity index (χ1n) is 11.9. The zero-order valence-electron chi connectivity index (χ0n) is 20.4. The number of rotatable bonds is 8. The summed E-state index contributed by atoms with van der Waals surface area (Å²) in [6.45, 7) is 1.01. The Morgan fingerprint density at radius 3 is 2.36 bits per heavy atom. The normalized spacial score (nSPS) is 12.1. The average Bonchev–Trinajstić information content (AvgIpc) is 3.32. The quantitative estimate of drug-likeness (QED) is 0.355. The molecule has 0 fully saturated rings. The summed E-state index contributed by atoms with van der Waals surface area (Å²) < 4.78 is 1.83. The molecule has 7 heteroatoms. The van der Waals surface area contributed by atoms with Gasteiger partial charge in [-0.15, -0.1) is 0 Å². The molecule has 0 aliphatic heterocycles. The molecule has 0 radical (unpaired) electrons. The second kappa shape index (κ2) is 10.5. The number of carbonyl (C=O) groups excluding carboxylic acids is 1. The molecular weight excluding hydrogens is 448 g/mol. The first-order chi connectivity index (χ1) is 17.6. The highest BCUT2D eigenvalue weighted by Crippen LogP contribution is 2.26. The van der Waals surface area contributed by atoms with Crippen LogP contribution < -0.4 is 5.32 Å². The molecule has 0 aliphatic carbocycles. The lowest BCUT2D eigenvalue weighted by Crippen LogP contribution is -2.34. The maximum absolute atomic E-state index is 13.6. The zero-order chi connectivity index (χ0) is 24.9. The van der Waals surface area contributed by atoms with Crippen LogP contribution in [0.15, 0.2) is 97.5 Å². The molecule has 3 aromatic heterocycles. The molecule has 7 nitrogen and oxygen atoms in total. The number of hydrogen-bond donors (Lipinski definition) is 1. The Hall–Kier alpha value is -4.36. The lowest BCUT2D eigenvalue weighted by atomic mass is 10.0. The number of benzene rings is 2. The summed E-state index contributed by atoms with van der Waals surface area (Å²) in [5.74, 6) is -0.147. The fourth-order valence-corrected chi connectivity index (χ4v) is 4.33. The van der Waals surface area contributed by atoms with Gasteiger partial charge in [0.15, 0.2) is 5.65 Å². The van der Waals surface area contributed by atoms with Gasteiger partial charge in [-0.05, 0) is 43.4 Å². The molecule has 1 amide bonds. The molecule has 1 unspecified atom stereocenters. The van der Waals surface area contributed by atoms with Crippen molar-refractivity contribution in [2.24, 2.45) is 0 Å². The minimum Gasteiger partial charge on any atom is -0.350 e. The van der Waals surface area contributed by atoms with Gasteiger partial charge in [-0.2, -0.15) is 5.10 Å². The van der Waals surface area contributed by atoms with Gasteiger partial charge in [-0.3, -0.25) is 9.78 Å². The van der Waals surface area contributed by atoms with Crippen LogP contribution in [0.2, 0.25) is 0 Å². The number of pyridine rings is 2. The number of amides is 1. The number of hydrogen-bond acceptors (Lipinski definition) is 5. The van der Waals surface area contributed by atoms with Crippen LogP contribution in [0.1, 0.15) is 27.5 Å². The highest BCUT2D eigenvalue weighted by atomic mass is 16.1. The molecule has 1 atom stereocenters. The second-order valence-corrected chi connectivity index (χ2v) is 8.92. The molecule has 0 aliphatic rings. The van der Waals surface area contributed by atoms with Crippen LogP contribution in [0.4, 0.5) is 0 Å². The van der Waals surface area contributed by atoms with Gasteiger partial charge >= 0.3 is 0 Å². The number of likely N-dealkylation sites (N-methyl/N-ethyl adjacent to an activating group) is 1. The van der Waals surface area contributed by atoms with E-state index in [-0.39, 0.29) is 11.9 Å². The van der Waals surface area contributed by atoms with Crippen LogP contribution in [0.3, 0.4) is 0 Å². The zero-order valence-corrected chi connectivity index (χ0v) is 20.4. The van der Waals surface area contributed by atoms with E-state index in [0.717, 1.165) is 27.8 Å². The smallest absolute Gasteiger partial charge is 0.252 e. The number of aromatic nitrogens is 4. The van der Waals surface area contributed by atoms with Gasteiger partial charge in [0.05, 0.1) is 35.4 Å². The summed E-state index contributed by atoms with van der Waals surface area (Å²) in [5, 5.41) is 8.46. The van der Waals surface area contributed by atoms with E-state index in [9.17, 15) is 4.79 Å². The van der Waals surface area contributed by atoms with E-state index in [1.165, 1.54) is 0 Å². The van der Waals surface area contributed by atoms with Crippen molar-refractivity contribution in [1.82, 2.24) is 30.0 Å². The maximum atomic E-state index is 13.6. The molecule has 0 saturated carbocycles. The summed E-state index contributed by atoms with van der Waals surface area (Å²) in [4.78, 5) is 24.7. The van der Waals surface area contributed by atoms with E-state index in [1.54, 1.807) is 18.6 Å². The van der Waals surface area contributed by atoms with Crippen LogP contribution in [0, 0.1) is 0 Å². The topological polar surface area (TPSA) is 75.9 Å². The van der Waals surface area contributed by atoms with E-state index >= 15 is 0 Å². The van der Waals surface area contributed by atoms with E-state index < -0.39 is 0 Å².